The number of furan rings is 1. The van der Waals surface area contributed by atoms with Crippen LogP contribution < -0.4 is 5.32 Å². The van der Waals surface area contributed by atoms with E-state index < -0.39 is 5.62 Å². The number of rotatable bonds is 3. The van der Waals surface area contributed by atoms with Crippen LogP contribution in [0.4, 0.5) is 0 Å². The standard InChI is InChI=1S/C20H16ClN3O/c1-3-6-12(2)18-22-19(24-20(21)23-18)13-9-10-15-14-7-4-5-8-16(14)25-17(15)11-13/h3-11,20H,2H2,1H3,(H,22,23,24)/b6-3-. The molecule has 5 heteroatoms. The second-order valence-electron chi connectivity index (χ2n) is 5.73. The van der Waals surface area contributed by atoms with Crippen molar-refractivity contribution in [2.45, 2.75) is 12.5 Å². The van der Waals surface area contributed by atoms with Gasteiger partial charge in [-0.05, 0) is 25.1 Å². The monoisotopic (exact) mass is 349 g/mol. The molecule has 0 saturated carbocycles. The molecule has 1 unspecified atom stereocenters. The quantitative estimate of drug-likeness (QED) is 0.411. The molecule has 0 radical (unpaired) electrons. The van der Waals surface area contributed by atoms with Gasteiger partial charge >= 0.3 is 0 Å². The van der Waals surface area contributed by atoms with E-state index in [4.69, 9.17) is 16.0 Å². The van der Waals surface area contributed by atoms with Gasteiger partial charge in [0.05, 0.1) is 0 Å². The lowest BCUT2D eigenvalue weighted by Gasteiger charge is -2.19. The van der Waals surface area contributed by atoms with E-state index >= 15 is 0 Å². The number of nitrogens with one attached hydrogen (secondary N) is 1. The number of amidine groups is 2. The largest absolute Gasteiger partial charge is 0.456 e. The zero-order chi connectivity index (χ0) is 17.4. The third kappa shape index (κ3) is 2.85. The topological polar surface area (TPSA) is 49.9 Å². The zero-order valence-electron chi connectivity index (χ0n) is 13.7. The van der Waals surface area contributed by atoms with Crippen molar-refractivity contribution in [2.75, 3.05) is 0 Å². The Hall–Kier alpha value is -2.85. The number of para-hydroxylation sites is 1. The third-order valence-electron chi connectivity index (χ3n) is 4.03. The fourth-order valence-corrected chi connectivity index (χ4v) is 3.08. The van der Waals surface area contributed by atoms with Crippen LogP contribution in [0.25, 0.3) is 21.9 Å². The second kappa shape index (κ2) is 6.22. The first-order chi connectivity index (χ1) is 12.2. The van der Waals surface area contributed by atoms with E-state index in [1.807, 2.05) is 55.5 Å². The van der Waals surface area contributed by atoms with Gasteiger partial charge in [-0.2, -0.15) is 0 Å². The lowest BCUT2D eigenvalue weighted by Crippen LogP contribution is -2.36. The Morgan fingerprint density at radius 3 is 2.80 bits per heavy atom. The van der Waals surface area contributed by atoms with Crippen molar-refractivity contribution in [3.8, 4) is 0 Å². The molecule has 1 atom stereocenters. The first kappa shape index (κ1) is 15.7. The molecule has 0 saturated heterocycles. The Balaban J connectivity index is 1.74. The van der Waals surface area contributed by atoms with Crippen molar-refractivity contribution in [2.24, 2.45) is 9.98 Å². The van der Waals surface area contributed by atoms with Gasteiger partial charge in [-0.25, -0.2) is 9.98 Å². The van der Waals surface area contributed by atoms with Crippen LogP contribution in [0.3, 0.4) is 0 Å². The number of benzene rings is 2. The van der Waals surface area contributed by atoms with Crippen LogP contribution in [0.5, 0.6) is 0 Å². The van der Waals surface area contributed by atoms with Gasteiger partial charge in [0, 0.05) is 21.9 Å². The molecule has 1 aliphatic heterocycles. The highest BCUT2D eigenvalue weighted by atomic mass is 35.5. The van der Waals surface area contributed by atoms with E-state index in [-0.39, 0.29) is 0 Å². The SMILES string of the molecule is C=C(/C=C\C)C1=NC(Cl)N=C(c2ccc3c(c2)oc2ccccc23)N1. The van der Waals surface area contributed by atoms with Crippen LogP contribution in [0.2, 0.25) is 0 Å². The molecule has 0 aliphatic carbocycles. The van der Waals surface area contributed by atoms with E-state index in [1.165, 1.54) is 0 Å². The summed E-state index contributed by atoms with van der Waals surface area (Å²) in [5.74, 6) is 1.27. The minimum atomic E-state index is -0.681. The summed E-state index contributed by atoms with van der Waals surface area (Å²) in [5, 5.41) is 5.38. The molecule has 0 fully saturated rings. The minimum absolute atomic E-state index is 0.618. The van der Waals surface area contributed by atoms with Crippen molar-refractivity contribution in [1.82, 2.24) is 5.32 Å². The number of alkyl halides is 1. The van der Waals surface area contributed by atoms with E-state index in [0.29, 0.717) is 11.7 Å². The van der Waals surface area contributed by atoms with Gasteiger partial charge in [-0.1, -0.05) is 54.6 Å². The number of nitrogens with zero attached hydrogens (tertiary/aromatic N) is 2. The highest BCUT2D eigenvalue weighted by Crippen LogP contribution is 2.29. The van der Waals surface area contributed by atoms with E-state index in [2.05, 4.69) is 27.9 Å². The summed E-state index contributed by atoms with van der Waals surface area (Å²) in [6.45, 7) is 5.92. The summed E-state index contributed by atoms with van der Waals surface area (Å²) in [6, 6.07) is 14.0. The molecule has 4 nitrogen and oxygen atoms in total. The van der Waals surface area contributed by atoms with Crippen LogP contribution in [-0.2, 0) is 0 Å². The van der Waals surface area contributed by atoms with Crippen LogP contribution >= 0.6 is 11.6 Å². The van der Waals surface area contributed by atoms with E-state index in [9.17, 15) is 0 Å². The molecule has 0 amide bonds. The highest BCUT2D eigenvalue weighted by Gasteiger charge is 2.18. The van der Waals surface area contributed by atoms with Crippen LogP contribution in [0.15, 0.2) is 81.2 Å². The summed E-state index contributed by atoms with van der Waals surface area (Å²) in [4.78, 5) is 8.67. The summed E-state index contributed by atoms with van der Waals surface area (Å²) in [5.41, 5.74) is 2.64. The molecule has 2 aromatic carbocycles. The van der Waals surface area contributed by atoms with Gasteiger partial charge in [-0.3, -0.25) is 0 Å². The highest BCUT2D eigenvalue weighted by molar-refractivity contribution is 6.25. The zero-order valence-corrected chi connectivity index (χ0v) is 14.4. The first-order valence-corrected chi connectivity index (χ1v) is 8.39. The maximum Gasteiger partial charge on any atom is 0.219 e. The molecule has 25 heavy (non-hydrogen) atoms. The van der Waals surface area contributed by atoms with Crippen LogP contribution in [-0.4, -0.2) is 17.3 Å². The van der Waals surface area contributed by atoms with Crippen molar-refractivity contribution < 1.29 is 4.42 Å². The Bertz CT molecular complexity index is 1070. The summed E-state index contributed by atoms with van der Waals surface area (Å²) in [6.07, 6.45) is 3.78. The number of aliphatic imine (C=N–C) groups is 2. The maximum absolute atomic E-state index is 6.18. The molecule has 2 heterocycles. The van der Waals surface area contributed by atoms with E-state index in [1.54, 1.807) is 0 Å². The number of fused-ring (bicyclic) bond motifs is 3. The minimum Gasteiger partial charge on any atom is -0.456 e. The molecule has 1 aromatic heterocycles. The van der Waals surface area contributed by atoms with Gasteiger partial charge in [0.15, 0.2) is 0 Å². The Labute approximate surface area is 150 Å². The van der Waals surface area contributed by atoms with Gasteiger partial charge in [0.25, 0.3) is 0 Å². The molecule has 124 valence electrons. The number of halogens is 1. The second-order valence-corrected chi connectivity index (χ2v) is 6.12. The van der Waals surface area contributed by atoms with Crippen LogP contribution in [0, 0.1) is 0 Å². The molecular formula is C20H16ClN3O. The Morgan fingerprint density at radius 2 is 1.96 bits per heavy atom. The first-order valence-electron chi connectivity index (χ1n) is 7.96. The van der Waals surface area contributed by atoms with Gasteiger partial charge < -0.3 is 9.73 Å². The Morgan fingerprint density at radius 1 is 1.16 bits per heavy atom. The normalized spacial score (nSPS) is 17.6. The van der Waals surface area contributed by atoms with Gasteiger partial charge in [-0.15, -0.1) is 0 Å². The average Bonchev–Trinajstić information content (AvgIpc) is 2.99. The van der Waals surface area contributed by atoms with Crippen molar-refractivity contribution >= 4 is 45.2 Å². The average molecular weight is 350 g/mol. The molecule has 4 rings (SSSR count). The third-order valence-corrected chi connectivity index (χ3v) is 4.23. The summed E-state index contributed by atoms with van der Waals surface area (Å²) < 4.78 is 5.95. The predicted molar refractivity (Wildman–Crippen MR) is 104 cm³/mol. The van der Waals surface area contributed by atoms with Gasteiger partial charge in [0.1, 0.15) is 22.8 Å². The van der Waals surface area contributed by atoms with Gasteiger partial charge in [0.2, 0.25) is 5.62 Å². The van der Waals surface area contributed by atoms with Crippen molar-refractivity contribution in [3.05, 3.63) is 72.3 Å². The molecule has 1 N–H and O–H groups in total. The fraction of sp³-hybridized carbons (Fsp3) is 0.100. The lowest BCUT2D eigenvalue weighted by atomic mass is 10.1. The molecule has 1 aliphatic rings. The number of hydrogen-bond acceptors (Lipinski definition) is 4. The van der Waals surface area contributed by atoms with Crippen molar-refractivity contribution in [1.29, 1.82) is 0 Å². The Kier molecular flexibility index (Phi) is 3.90. The predicted octanol–water partition coefficient (Wildman–Crippen LogP) is 4.99. The fourth-order valence-electron chi connectivity index (χ4n) is 2.88. The molecule has 3 aromatic rings. The van der Waals surface area contributed by atoms with Crippen LogP contribution in [0.1, 0.15) is 12.5 Å². The summed E-state index contributed by atoms with van der Waals surface area (Å²) >= 11 is 6.18. The summed E-state index contributed by atoms with van der Waals surface area (Å²) in [7, 11) is 0. The van der Waals surface area contributed by atoms with E-state index in [0.717, 1.165) is 33.1 Å². The molecule has 0 bridgehead atoms. The lowest BCUT2D eigenvalue weighted by molar-refractivity contribution is 0.669. The molecule has 0 spiro atoms. The van der Waals surface area contributed by atoms with Crippen molar-refractivity contribution in [3.63, 3.8) is 0 Å². The molecular weight excluding hydrogens is 334 g/mol. The smallest absolute Gasteiger partial charge is 0.219 e. The maximum atomic E-state index is 6.18. The number of hydrogen-bond donors (Lipinski definition) is 1. The number of allylic oxidation sites excluding steroid dienone is 1.